The third-order valence-corrected chi connectivity index (χ3v) is 3.93. The summed E-state index contributed by atoms with van der Waals surface area (Å²) in [5, 5.41) is 8.37. The van der Waals surface area contributed by atoms with Crippen LogP contribution in [0.5, 0.6) is 0 Å². The van der Waals surface area contributed by atoms with E-state index < -0.39 is 5.91 Å². The van der Waals surface area contributed by atoms with E-state index in [1.54, 1.807) is 10.4 Å². The molecule has 118 valence electrons. The van der Waals surface area contributed by atoms with Gasteiger partial charge in [0.25, 0.3) is 0 Å². The van der Waals surface area contributed by atoms with E-state index in [1.807, 2.05) is 13.0 Å². The second-order valence-electron chi connectivity index (χ2n) is 5.37. The van der Waals surface area contributed by atoms with Gasteiger partial charge in [0.15, 0.2) is 0 Å². The molecule has 0 spiro atoms. The molecule has 3 aliphatic rings. The van der Waals surface area contributed by atoms with Gasteiger partial charge in [-0.2, -0.15) is 0 Å². The van der Waals surface area contributed by atoms with Crippen LogP contribution in [-0.4, -0.2) is 35.0 Å². The fourth-order valence-electron chi connectivity index (χ4n) is 2.43. The molecule has 0 aromatic carbocycles. The number of hydroxylamine groups is 1. The van der Waals surface area contributed by atoms with Gasteiger partial charge in [0.1, 0.15) is 0 Å². The summed E-state index contributed by atoms with van der Waals surface area (Å²) in [6.45, 7) is 3.42. The van der Waals surface area contributed by atoms with E-state index in [1.165, 1.54) is 11.1 Å². The van der Waals surface area contributed by atoms with Crippen molar-refractivity contribution in [3.63, 3.8) is 0 Å². The zero-order valence-corrected chi connectivity index (χ0v) is 12.8. The summed E-state index contributed by atoms with van der Waals surface area (Å²) in [6.07, 6.45) is 4.28. The van der Waals surface area contributed by atoms with Gasteiger partial charge in [0, 0.05) is 25.1 Å². The normalized spacial score (nSPS) is 15.3. The molecular weight excluding hydrogens is 280 g/mol. The number of nitrogens with zero attached hydrogens (tertiary/aromatic N) is 1. The first-order valence-corrected chi connectivity index (χ1v) is 7.67. The Balaban J connectivity index is 0.000000238. The Labute approximate surface area is 130 Å². The van der Waals surface area contributed by atoms with Gasteiger partial charge in [0.05, 0.1) is 0 Å². The molecule has 2 aliphatic carbocycles. The van der Waals surface area contributed by atoms with Gasteiger partial charge < -0.3 is 4.90 Å². The highest BCUT2D eigenvalue weighted by Crippen LogP contribution is 2.29. The lowest BCUT2D eigenvalue weighted by molar-refractivity contribution is -0.129. The van der Waals surface area contributed by atoms with Crippen LogP contribution in [0.25, 0.3) is 11.1 Å². The molecule has 2 amide bonds. The van der Waals surface area contributed by atoms with Crippen molar-refractivity contribution in [2.45, 2.75) is 32.6 Å². The van der Waals surface area contributed by atoms with Crippen LogP contribution in [0.4, 0.5) is 0 Å². The van der Waals surface area contributed by atoms with E-state index in [0.717, 1.165) is 19.4 Å². The molecule has 1 aliphatic heterocycles. The third kappa shape index (κ3) is 3.95. The maximum atomic E-state index is 11.9. The lowest BCUT2D eigenvalue weighted by atomic mass is 9.95. The Kier molecular flexibility index (Phi) is 5.72. The SMILES string of the molecule is CCN1CCCC=C(CCC(=O)NO)C1=O.c1cc2ccc1-2. The summed E-state index contributed by atoms with van der Waals surface area (Å²) < 4.78 is 0. The molecule has 3 rings (SSSR count). The minimum absolute atomic E-state index is 0.0192. The minimum atomic E-state index is -0.457. The van der Waals surface area contributed by atoms with Crippen LogP contribution in [0.3, 0.4) is 0 Å². The highest BCUT2D eigenvalue weighted by molar-refractivity contribution is 5.94. The first-order chi connectivity index (χ1) is 10.7. The second kappa shape index (κ2) is 7.75. The number of fused-ring (bicyclic) bond motifs is 1. The molecule has 5 heteroatoms. The average molecular weight is 302 g/mol. The van der Waals surface area contributed by atoms with Crippen molar-refractivity contribution < 1.29 is 14.8 Å². The lowest BCUT2D eigenvalue weighted by Gasteiger charge is -2.19. The fourth-order valence-corrected chi connectivity index (χ4v) is 2.43. The Morgan fingerprint density at radius 2 is 1.91 bits per heavy atom. The number of benzene rings is 1. The molecule has 0 aromatic rings. The van der Waals surface area contributed by atoms with Crippen LogP contribution in [0.2, 0.25) is 0 Å². The predicted octanol–water partition coefficient (Wildman–Crippen LogP) is 2.51. The molecule has 0 fully saturated rings. The Hall–Kier alpha value is -2.14. The largest absolute Gasteiger partial charge is 0.339 e. The van der Waals surface area contributed by atoms with Crippen LogP contribution >= 0.6 is 0 Å². The zero-order valence-electron chi connectivity index (χ0n) is 12.8. The first-order valence-electron chi connectivity index (χ1n) is 7.67. The van der Waals surface area contributed by atoms with Crippen LogP contribution in [0, 0.1) is 0 Å². The van der Waals surface area contributed by atoms with E-state index in [-0.39, 0.29) is 12.3 Å². The smallest absolute Gasteiger partial charge is 0.249 e. The molecule has 0 aromatic heterocycles. The summed E-state index contributed by atoms with van der Waals surface area (Å²) in [4.78, 5) is 24.6. The number of hydrogen-bond acceptors (Lipinski definition) is 3. The highest BCUT2D eigenvalue weighted by atomic mass is 16.5. The molecule has 0 atom stereocenters. The Morgan fingerprint density at radius 3 is 2.36 bits per heavy atom. The summed E-state index contributed by atoms with van der Waals surface area (Å²) in [5.41, 5.74) is 5.10. The molecule has 0 saturated heterocycles. The quantitative estimate of drug-likeness (QED) is 0.673. The molecule has 0 bridgehead atoms. The molecule has 22 heavy (non-hydrogen) atoms. The monoisotopic (exact) mass is 302 g/mol. The Bertz CT molecular complexity index is 543. The number of allylic oxidation sites excluding steroid dienone is 1. The zero-order chi connectivity index (χ0) is 15.9. The van der Waals surface area contributed by atoms with Gasteiger partial charge >= 0.3 is 0 Å². The predicted molar refractivity (Wildman–Crippen MR) is 84.2 cm³/mol. The van der Waals surface area contributed by atoms with Crippen molar-refractivity contribution in [1.29, 1.82) is 0 Å². The van der Waals surface area contributed by atoms with Crippen molar-refractivity contribution in [2.75, 3.05) is 13.1 Å². The lowest BCUT2D eigenvalue weighted by Crippen LogP contribution is -2.32. The molecule has 5 nitrogen and oxygen atoms in total. The van der Waals surface area contributed by atoms with Crippen LogP contribution < -0.4 is 5.48 Å². The van der Waals surface area contributed by atoms with Gasteiger partial charge in [-0.25, -0.2) is 5.48 Å². The van der Waals surface area contributed by atoms with E-state index in [4.69, 9.17) is 5.21 Å². The number of rotatable bonds is 4. The maximum absolute atomic E-state index is 11.9. The minimum Gasteiger partial charge on any atom is -0.339 e. The van der Waals surface area contributed by atoms with Gasteiger partial charge in [-0.1, -0.05) is 30.3 Å². The van der Waals surface area contributed by atoms with Crippen molar-refractivity contribution >= 4 is 11.8 Å². The number of hydrogen-bond donors (Lipinski definition) is 2. The number of likely N-dealkylation sites (N-methyl/N-ethyl adjacent to an activating group) is 1. The van der Waals surface area contributed by atoms with Crippen molar-refractivity contribution in [1.82, 2.24) is 10.4 Å². The van der Waals surface area contributed by atoms with Crippen molar-refractivity contribution in [3.05, 3.63) is 35.9 Å². The van der Waals surface area contributed by atoms with E-state index in [2.05, 4.69) is 24.3 Å². The van der Waals surface area contributed by atoms with Gasteiger partial charge in [-0.05, 0) is 37.3 Å². The maximum Gasteiger partial charge on any atom is 0.249 e. The first kappa shape index (κ1) is 16.2. The number of carbonyl (C=O) groups is 2. The summed E-state index contributed by atoms with van der Waals surface area (Å²) >= 11 is 0. The van der Waals surface area contributed by atoms with Crippen molar-refractivity contribution in [2.24, 2.45) is 0 Å². The molecule has 2 N–H and O–H groups in total. The van der Waals surface area contributed by atoms with Gasteiger partial charge in [-0.3, -0.25) is 14.8 Å². The topological polar surface area (TPSA) is 69.6 Å². The molecule has 0 radical (unpaired) electrons. The van der Waals surface area contributed by atoms with Crippen LogP contribution in [0.15, 0.2) is 35.9 Å². The van der Waals surface area contributed by atoms with Crippen LogP contribution in [0.1, 0.15) is 32.6 Å². The number of amides is 2. The average Bonchev–Trinajstić information content (AvgIpc) is 2.70. The molecule has 0 saturated carbocycles. The van der Waals surface area contributed by atoms with Crippen molar-refractivity contribution in [3.8, 4) is 11.1 Å². The molecule has 0 unspecified atom stereocenters. The molecular formula is C17H22N2O3. The Morgan fingerprint density at radius 1 is 1.27 bits per heavy atom. The van der Waals surface area contributed by atoms with E-state index in [9.17, 15) is 9.59 Å². The van der Waals surface area contributed by atoms with Gasteiger partial charge in [0.2, 0.25) is 11.8 Å². The highest BCUT2D eigenvalue weighted by Gasteiger charge is 2.19. The summed E-state index contributed by atoms with van der Waals surface area (Å²) in [7, 11) is 0. The second-order valence-corrected chi connectivity index (χ2v) is 5.37. The van der Waals surface area contributed by atoms with E-state index in [0.29, 0.717) is 18.5 Å². The van der Waals surface area contributed by atoms with Crippen LogP contribution in [-0.2, 0) is 9.59 Å². The van der Waals surface area contributed by atoms with Gasteiger partial charge in [-0.15, -0.1) is 0 Å². The summed E-state index contributed by atoms with van der Waals surface area (Å²) in [6, 6.07) is 8.48. The van der Waals surface area contributed by atoms with E-state index >= 15 is 0 Å². The molecule has 1 heterocycles. The third-order valence-electron chi connectivity index (χ3n) is 3.93. The standard InChI is InChI=1S/C11H18N2O3.C6H4/c1-2-13-8-4-3-5-9(11(13)15)6-7-10(14)12-16;1-2-6-4-3-5(1)6/h5,16H,2-4,6-8H2,1H3,(H,12,14);1-4H. The number of nitrogens with one attached hydrogen (secondary N) is 1. The fraction of sp³-hybridized carbons (Fsp3) is 0.412. The number of carbonyl (C=O) groups excluding carboxylic acids is 2. The summed E-state index contributed by atoms with van der Waals surface area (Å²) in [5.74, 6) is -0.438.